The van der Waals surface area contributed by atoms with Crippen molar-refractivity contribution in [2.24, 2.45) is 0 Å². The van der Waals surface area contributed by atoms with E-state index in [9.17, 15) is 14.9 Å². The lowest BCUT2D eigenvalue weighted by atomic mass is 10.1. The first kappa shape index (κ1) is 20.8. The standard InChI is InChI=1S/C22H28N4O3/c1-23(2)14-15-25(17-18-8-4-3-5-9-18)22(27)19-10-11-20(21(16-19)26(28)29)24-12-6-7-13-24/h3-5,8-11,16H,6-7,12-15,17H2,1-2H3. The van der Waals surface area contributed by atoms with Gasteiger partial charge in [-0.3, -0.25) is 14.9 Å². The summed E-state index contributed by atoms with van der Waals surface area (Å²) in [6.45, 7) is 3.36. The number of nitro groups is 1. The topological polar surface area (TPSA) is 69.9 Å². The first-order valence-corrected chi connectivity index (χ1v) is 9.97. The summed E-state index contributed by atoms with van der Waals surface area (Å²) in [6, 6.07) is 14.7. The number of benzene rings is 2. The molecule has 3 rings (SSSR count). The van der Waals surface area contributed by atoms with Crippen LogP contribution in [0.5, 0.6) is 0 Å². The Balaban J connectivity index is 1.87. The van der Waals surface area contributed by atoms with E-state index in [1.165, 1.54) is 6.07 Å². The molecule has 2 aromatic rings. The van der Waals surface area contributed by atoms with Gasteiger partial charge in [0.05, 0.1) is 4.92 Å². The number of amides is 1. The van der Waals surface area contributed by atoms with Crippen LogP contribution in [-0.4, -0.2) is 60.9 Å². The predicted octanol–water partition coefficient (Wildman–Crippen LogP) is 3.40. The summed E-state index contributed by atoms with van der Waals surface area (Å²) in [5, 5.41) is 11.7. The van der Waals surface area contributed by atoms with Crippen LogP contribution in [0.3, 0.4) is 0 Å². The lowest BCUT2D eigenvalue weighted by molar-refractivity contribution is -0.384. The van der Waals surface area contributed by atoms with Crippen molar-refractivity contribution in [3.63, 3.8) is 0 Å². The molecule has 0 bridgehead atoms. The molecule has 0 spiro atoms. The van der Waals surface area contributed by atoms with Crippen molar-refractivity contribution in [3.05, 3.63) is 69.8 Å². The molecule has 0 saturated carbocycles. The van der Waals surface area contributed by atoms with Crippen LogP contribution in [0.4, 0.5) is 11.4 Å². The third-order valence-electron chi connectivity index (χ3n) is 5.19. The largest absolute Gasteiger partial charge is 0.366 e. The molecule has 0 atom stereocenters. The molecule has 0 radical (unpaired) electrons. The Bertz CT molecular complexity index is 848. The van der Waals surface area contributed by atoms with Crippen LogP contribution in [-0.2, 0) is 6.54 Å². The van der Waals surface area contributed by atoms with Crippen molar-refractivity contribution in [2.75, 3.05) is 45.2 Å². The maximum Gasteiger partial charge on any atom is 0.293 e. The Morgan fingerprint density at radius 2 is 1.76 bits per heavy atom. The average Bonchev–Trinajstić information content (AvgIpc) is 3.25. The average molecular weight is 396 g/mol. The highest BCUT2D eigenvalue weighted by Crippen LogP contribution is 2.32. The van der Waals surface area contributed by atoms with Crippen molar-refractivity contribution in [2.45, 2.75) is 19.4 Å². The van der Waals surface area contributed by atoms with Gasteiger partial charge in [-0.25, -0.2) is 0 Å². The number of rotatable bonds is 8. The summed E-state index contributed by atoms with van der Waals surface area (Å²) in [7, 11) is 3.92. The zero-order valence-corrected chi connectivity index (χ0v) is 17.1. The molecule has 1 aliphatic rings. The maximum atomic E-state index is 13.2. The SMILES string of the molecule is CN(C)CCN(Cc1ccccc1)C(=O)c1ccc(N2CCCC2)c([N+](=O)[O-])c1. The molecular weight excluding hydrogens is 368 g/mol. The summed E-state index contributed by atoms with van der Waals surface area (Å²) in [5.74, 6) is -0.188. The van der Waals surface area contributed by atoms with Crippen LogP contribution in [0.25, 0.3) is 0 Å². The van der Waals surface area contributed by atoms with Crippen molar-refractivity contribution in [1.29, 1.82) is 0 Å². The summed E-state index contributed by atoms with van der Waals surface area (Å²) in [4.78, 5) is 30.3. The highest BCUT2D eigenvalue weighted by atomic mass is 16.6. The third-order valence-corrected chi connectivity index (χ3v) is 5.19. The normalized spacial score (nSPS) is 13.7. The maximum absolute atomic E-state index is 13.2. The van der Waals surface area contributed by atoms with Crippen LogP contribution in [0.1, 0.15) is 28.8 Å². The van der Waals surface area contributed by atoms with E-state index < -0.39 is 0 Å². The monoisotopic (exact) mass is 396 g/mol. The minimum atomic E-state index is -0.383. The van der Waals surface area contributed by atoms with Gasteiger partial charge in [0, 0.05) is 44.4 Å². The van der Waals surface area contributed by atoms with E-state index in [2.05, 4.69) is 0 Å². The Kier molecular flexibility index (Phi) is 6.82. The van der Waals surface area contributed by atoms with Gasteiger partial charge in [-0.2, -0.15) is 0 Å². The zero-order chi connectivity index (χ0) is 20.8. The zero-order valence-electron chi connectivity index (χ0n) is 17.1. The quantitative estimate of drug-likeness (QED) is 0.505. The van der Waals surface area contributed by atoms with Crippen LogP contribution < -0.4 is 4.90 Å². The van der Waals surface area contributed by atoms with E-state index in [4.69, 9.17) is 0 Å². The molecule has 7 nitrogen and oxygen atoms in total. The number of hydrogen-bond acceptors (Lipinski definition) is 5. The number of carbonyl (C=O) groups excluding carboxylic acids is 1. The first-order valence-electron chi connectivity index (χ1n) is 9.97. The van der Waals surface area contributed by atoms with Gasteiger partial charge in [0.1, 0.15) is 5.69 Å². The van der Waals surface area contributed by atoms with Crippen LogP contribution >= 0.6 is 0 Å². The fraction of sp³-hybridized carbons (Fsp3) is 0.409. The second kappa shape index (κ2) is 9.52. The molecule has 1 aliphatic heterocycles. The Hall–Kier alpha value is -2.93. The summed E-state index contributed by atoms with van der Waals surface area (Å²) >= 11 is 0. The number of nitrogens with zero attached hydrogens (tertiary/aromatic N) is 4. The van der Waals surface area contributed by atoms with Gasteiger partial charge in [0.25, 0.3) is 11.6 Å². The van der Waals surface area contributed by atoms with Crippen molar-refractivity contribution in [3.8, 4) is 0 Å². The Morgan fingerprint density at radius 3 is 2.38 bits per heavy atom. The minimum absolute atomic E-state index is 0.00465. The second-order valence-electron chi connectivity index (χ2n) is 7.67. The number of anilines is 1. The molecule has 0 aliphatic carbocycles. The molecule has 2 aromatic carbocycles. The fourth-order valence-corrected chi connectivity index (χ4v) is 3.59. The molecule has 1 fully saturated rings. The number of hydrogen-bond donors (Lipinski definition) is 0. The molecule has 7 heteroatoms. The molecule has 1 amide bonds. The molecule has 29 heavy (non-hydrogen) atoms. The molecule has 154 valence electrons. The number of likely N-dealkylation sites (N-methyl/N-ethyl adjacent to an activating group) is 1. The van der Waals surface area contributed by atoms with Crippen LogP contribution in [0.15, 0.2) is 48.5 Å². The van der Waals surface area contributed by atoms with Gasteiger partial charge in [0.2, 0.25) is 0 Å². The lowest BCUT2D eigenvalue weighted by Gasteiger charge is -2.25. The highest BCUT2D eigenvalue weighted by Gasteiger charge is 2.25. The molecule has 0 N–H and O–H groups in total. The third kappa shape index (κ3) is 5.32. The fourth-order valence-electron chi connectivity index (χ4n) is 3.59. The van der Waals surface area contributed by atoms with Gasteiger partial charge < -0.3 is 14.7 Å². The van der Waals surface area contributed by atoms with E-state index in [0.717, 1.165) is 31.5 Å². The van der Waals surface area contributed by atoms with Crippen molar-refractivity contribution in [1.82, 2.24) is 9.80 Å². The summed E-state index contributed by atoms with van der Waals surface area (Å²) in [5.41, 5.74) is 1.99. The van der Waals surface area contributed by atoms with Gasteiger partial charge >= 0.3 is 0 Å². The Labute approximate surface area is 171 Å². The smallest absolute Gasteiger partial charge is 0.293 e. The molecule has 1 heterocycles. The lowest BCUT2D eigenvalue weighted by Crippen LogP contribution is -2.36. The predicted molar refractivity (Wildman–Crippen MR) is 114 cm³/mol. The van der Waals surface area contributed by atoms with E-state index in [0.29, 0.717) is 30.9 Å². The highest BCUT2D eigenvalue weighted by molar-refractivity contribution is 5.95. The van der Waals surface area contributed by atoms with Crippen molar-refractivity contribution >= 4 is 17.3 Å². The van der Waals surface area contributed by atoms with E-state index in [1.807, 2.05) is 54.2 Å². The van der Waals surface area contributed by atoms with Crippen LogP contribution in [0, 0.1) is 10.1 Å². The van der Waals surface area contributed by atoms with Gasteiger partial charge in [-0.1, -0.05) is 30.3 Å². The van der Waals surface area contributed by atoms with Crippen molar-refractivity contribution < 1.29 is 9.72 Å². The minimum Gasteiger partial charge on any atom is -0.366 e. The molecule has 0 unspecified atom stereocenters. The van der Waals surface area contributed by atoms with Gasteiger partial charge in [-0.05, 0) is 44.6 Å². The van der Waals surface area contributed by atoms with E-state index in [-0.39, 0.29) is 16.5 Å². The summed E-state index contributed by atoms with van der Waals surface area (Å²) in [6.07, 6.45) is 2.07. The molecular formula is C22H28N4O3. The van der Waals surface area contributed by atoms with E-state index >= 15 is 0 Å². The molecule has 0 aromatic heterocycles. The second-order valence-corrected chi connectivity index (χ2v) is 7.67. The number of nitro benzene ring substituents is 1. The van der Waals surface area contributed by atoms with Crippen LogP contribution in [0.2, 0.25) is 0 Å². The van der Waals surface area contributed by atoms with E-state index in [1.54, 1.807) is 17.0 Å². The first-order chi connectivity index (χ1) is 14.0. The van der Waals surface area contributed by atoms with Gasteiger partial charge in [0.15, 0.2) is 0 Å². The molecule has 1 saturated heterocycles. The Morgan fingerprint density at radius 1 is 1.07 bits per heavy atom. The summed E-state index contributed by atoms with van der Waals surface area (Å²) < 4.78 is 0. The van der Waals surface area contributed by atoms with Gasteiger partial charge in [-0.15, -0.1) is 0 Å². The number of carbonyl (C=O) groups is 1.